The van der Waals surface area contributed by atoms with Crippen LogP contribution in [-0.4, -0.2) is 130 Å². The summed E-state index contributed by atoms with van der Waals surface area (Å²) in [6.07, 6.45) is 22.5. The smallest absolute Gasteiger partial charge is 0.337 e. The number of pyridine rings is 6. The number of piperidine rings is 1. The van der Waals surface area contributed by atoms with Crippen molar-refractivity contribution in [2.45, 2.75) is 273 Å². The zero-order valence-corrected chi connectivity index (χ0v) is 79.9. The number of rotatable bonds is 27. The Bertz CT molecular complexity index is 5340. The Hall–Kier alpha value is -12.5. The van der Waals surface area contributed by atoms with Crippen LogP contribution in [0.3, 0.4) is 0 Å². The largest absolute Gasteiger partial charge is 0.480 e. The van der Waals surface area contributed by atoms with Gasteiger partial charge in [-0.3, -0.25) is 62.3 Å². The van der Waals surface area contributed by atoms with E-state index in [4.69, 9.17) is 20.4 Å². The number of carbonyl (C=O) groups excluding carboxylic acids is 5. The molecule has 6 N–H and O–H groups in total. The van der Waals surface area contributed by atoms with Gasteiger partial charge in [0.15, 0.2) is 0 Å². The number of ketones is 5. The highest BCUT2D eigenvalue weighted by molar-refractivity contribution is 5.92. The molecule has 1 atom stereocenters. The molecule has 1 saturated heterocycles. The van der Waals surface area contributed by atoms with E-state index in [-0.39, 0.29) is 130 Å². The van der Waals surface area contributed by atoms with Gasteiger partial charge >= 0.3 is 23.9 Å². The average Bonchev–Trinajstić information content (AvgIpc) is 0.807. The number of H-pyrrole nitrogens is 1. The van der Waals surface area contributed by atoms with Crippen LogP contribution in [0.25, 0.3) is 0 Å². The van der Waals surface area contributed by atoms with Gasteiger partial charge in [0.1, 0.15) is 42.0 Å². The van der Waals surface area contributed by atoms with Crippen molar-refractivity contribution in [1.29, 1.82) is 0 Å². The first-order valence-corrected chi connectivity index (χ1v) is 43.2. The minimum atomic E-state index is -1.03. The number of hydrogen-bond acceptors (Lipinski definition) is 18. The monoisotopic (exact) mass is 1770 g/mol. The van der Waals surface area contributed by atoms with Crippen LogP contribution in [0.5, 0.6) is 0 Å². The summed E-state index contributed by atoms with van der Waals surface area (Å²) in [5.74, 6) is -0.918. The van der Waals surface area contributed by atoms with Gasteiger partial charge in [-0.1, -0.05) is 189 Å². The van der Waals surface area contributed by atoms with E-state index in [1.165, 1.54) is 59.7 Å². The molecule has 28 heteroatoms. The number of Topliss-reactive ketones (excluding diaryl/α,β-unsaturated/α-hetero) is 5. The Morgan fingerprint density at radius 2 is 0.984 bits per heavy atom. The summed E-state index contributed by atoms with van der Waals surface area (Å²) in [7, 11) is 0. The van der Waals surface area contributed by atoms with Gasteiger partial charge in [-0.15, -0.1) is 0 Å². The molecule has 6 aromatic heterocycles. The number of aromatic nitrogens is 6. The molecule has 0 spiro atoms. The Morgan fingerprint density at radius 1 is 0.500 bits per heavy atom. The van der Waals surface area contributed by atoms with Crippen molar-refractivity contribution in [3.8, 4) is 0 Å². The normalized spacial score (nSPS) is 13.3. The molecule has 0 aliphatic carbocycles. The van der Waals surface area contributed by atoms with E-state index >= 15 is 0 Å². The second-order valence-electron chi connectivity index (χ2n) is 35.2. The van der Waals surface area contributed by atoms with Crippen LogP contribution < -0.4 is 38.7 Å². The van der Waals surface area contributed by atoms with E-state index in [0.717, 1.165) is 69.7 Å². The first-order valence-electron chi connectivity index (χ1n) is 43.2. The lowest BCUT2D eigenvalue weighted by Crippen LogP contribution is -2.43. The van der Waals surface area contributed by atoms with Crippen LogP contribution in [0.2, 0.25) is 0 Å². The number of nitrogens with one attached hydrogen (secondary N) is 2. The molecule has 9 heterocycles. The molecule has 128 heavy (non-hydrogen) atoms. The molecule has 0 amide bonds. The highest BCUT2D eigenvalue weighted by atomic mass is 16.4. The number of carbonyl (C=O) groups is 9. The number of aliphatic carboxylic acids is 3. The molecule has 6 aromatic rings. The van der Waals surface area contributed by atoms with E-state index < -0.39 is 29.3 Å². The third-order valence-corrected chi connectivity index (χ3v) is 20.5. The molecule has 3 aliphatic rings. The molecule has 0 aromatic carbocycles. The molecule has 700 valence electrons. The maximum Gasteiger partial charge on any atom is 0.337 e. The van der Waals surface area contributed by atoms with Crippen LogP contribution in [0.4, 0.5) is 0 Å². The Kier molecular flexibility index (Phi) is 48.9. The van der Waals surface area contributed by atoms with Gasteiger partial charge < -0.3 is 63.4 Å². The lowest BCUT2D eigenvalue weighted by atomic mass is 9.89. The Labute approximate surface area is 754 Å². The Morgan fingerprint density at radius 3 is 1.42 bits per heavy atom. The summed E-state index contributed by atoms with van der Waals surface area (Å²) in [4.78, 5) is 173. The second-order valence-corrected chi connectivity index (χ2v) is 35.2. The fourth-order valence-electron chi connectivity index (χ4n) is 12.6. The molecule has 9 rings (SSSR count). The van der Waals surface area contributed by atoms with Gasteiger partial charge in [-0.2, -0.15) is 0 Å². The van der Waals surface area contributed by atoms with Gasteiger partial charge in [0.2, 0.25) is 0 Å². The summed E-state index contributed by atoms with van der Waals surface area (Å²) in [5.41, 5.74) is 8.47. The quantitative estimate of drug-likeness (QED) is 0.0279. The number of aryl methyl sites for hydroxylation is 1. The molecular formula is C100H141N9O19. The lowest BCUT2D eigenvalue weighted by Gasteiger charge is -2.40. The Balaban J connectivity index is 0.000000721. The van der Waals surface area contributed by atoms with E-state index in [1.807, 2.05) is 176 Å². The van der Waals surface area contributed by atoms with Crippen LogP contribution in [0.15, 0.2) is 217 Å². The molecule has 0 saturated carbocycles. The zero-order chi connectivity index (χ0) is 98.2. The standard InChI is InChI=1S/C14H21NO2.C12H17NO2.3C11H15NO2.C11H19NO2.C11H15NO2.C10H13NO2.C9H11NO3/c1-10(2)12-7-6-8-15(13(12)17)9-14(4,5)11(3)16;1-9(2)11-5-4-7-13(12(11)15)8-6-10(3)14;1-8(2)10-4-5-12(7-9(3)13)11(14)6-10;1-8(2)10-4-5-11(14)12(7-10)6-9(3)13;1-8(2)10-5-4-6-12(11(10)14)7-9(3)13;2*1-8(2)10-6-4-5-9(3)12(10)7-11(13)14;1-6(2)8-4-9(10(12)13)7(3)11-5-8;1-5(2)7-3-6(9(12)13)4-10-8(7)11/h6-8,10H,9H2,1-5H3;4-5,7,9H,6,8H2,1-3H3;4-6,8H,7H2,1-3H3;4-5,7-8H,6H2,1-3H3;4-6,8H,7H2,1-3H3;8,10H,3-7H2,1-2H3,(H,13,14);4-6,8H,3,7H2,1-2H3,(H,13,14);4-6,11H,3H2,1-2H3,(H,12,13);3-5H,1-2H3,(H,10,11)(H,12,13). The molecule has 1 fully saturated rings. The number of aromatic amines is 1. The first kappa shape index (κ1) is 114. The maximum atomic E-state index is 12.2. The third kappa shape index (κ3) is 40.0. The van der Waals surface area contributed by atoms with Crippen molar-refractivity contribution < 1.29 is 63.6 Å². The summed E-state index contributed by atoms with van der Waals surface area (Å²) in [5, 5.41) is 37.9. The number of likely N-dealkylation sites (tertiary alicyclic amines) is 1. The number of allylic oxidation sites excluding steroid dienone is 7. The van der Waals surface area contributed by atoms with Crippen LogP contribution in [-0.2, 0) is 71.1 Å². The number of hydrogen-bond donors (Lipinski definition) is 6. The molecule has 3 aliphatic heterocycles. The van der Waals surface area contributed by atoms with Crippen molar-refractivity contribution in [2.75, 3.05) is 13.1 Å². The third-order valence-electron chi connectivity index (χ3n) is 20.5. The fraction of sp³-hybridized carbons (Fsp3) is 0.470. The van der Waals surface area contributed by atoms with Crippen LogP contribution in [0, 0.1) is 23.2 Å². The molecule has 1 unspecified atom stereocenters. The maximum absolute atomic E-state index is 12.2. The van der Waals surface area contributed by atoms with Crippen molar-refractivity contribution in [3.05, 3.63) is 289 Å². The van der Waals surface area contributed by atoms with Gasteiger partial charge in [0.25, 0.3) is 33.4 Å². The number of carboxylic acids is 4. The van der Waals surface area contributed by atoms with Crippen molar-refractivity contribution in [1.82, 2.24) is 42.9 Å². The van der Waals surface area contributed by atoms with Crippen molar-refractivity contribution in [2.24, 2.45) is 23.2 Å². The molecule has 0 radical (unpaired) electrons. The number of nitrogens with zero attached hydrogens (tertiary/aromatic N) is 7. The van der Waals surface area contributed by atoms with Gasteiger partial charge in [0.05, 0.1) is 30.8 Å². The lowest BCUT2D eigenvalue weighted by molar-refractivity contribution is -0.139. The topological polar surface area (TPSA) is 396 Å². The minimum Gasteiger partial charge on any atom is -0.480 e. The van der Waals surface area contributed by atoms with E-state index in [9.17, 15) is 71.9 Å². The highest BCUT2D eigenvalue weighted by Crippen LogP contribution is 2.30. The van der Waals surface area contributed by atoms with Crippen molar-refractivity contribution >= 4 is 52.8 Å². The average molecular weight is 1770 g/mol. The SMILES string of the molecule is C=C1C=CC=C(C(C)C)N1CC(=O)O.C=C1CCCC(C(C)C)N1CC(=O)O.C=C1NC=C(C(C)C)C=C1C(=O)O.CC(=O)C(C)(C)Cn1cccc(C(C)C)c1=O.CC(=O)CCn1cccc(C(C)C)c1=O.CC(=O)Cn1cc(C(C)C)ccc1=O.CC(=O)Cn1ccc(C(C)C)cc1=O.CC(=O)Cn1cccc(C(C)C)c1=O.CC(C)c1cc(C(=O)O)c[nH]c1=O. The molecule has 0 bridgehead atoms. The summed E-state index contributed by atoms with van der Waals surface area (Å²) < 4.78 is 7.58. The van der Waals surface area contributed by atoms with E-state index in [2.05, 4.69) is 57.7 Å². The molecule has 28 nitrogen and oxygen atoms in total. The van der Waals surface area contributed by atoms with Gasteiger partial charge in [-0.25, -0.2) is 9.59 Å². The van der Waals surface area contributed by atoms with Crippen LogP contribution in [0.1, 0.15) is 278 Å². The first-order chi connectivity index (χ1) is 59.4. The minimum absolute atomic E-state index is 0.00648. The summed E-state index contributed by atoms with van der Waals surface area (Å²) >= 11 is 0. The van der Waals surface area contributed by atoms with E-state index in [0.29, 0.717) is 66.4 Å². The van der Waals surface area contributed by atoms with Crippen molar-refractivity contribution in [3.63, 3.8) is 0 Å². The van der Waals surface area contributed by atoms with E-state index in [1.54, 1.807) is 76.4 Å². The predicted octanol–water partition coefficient (Wildman–Crippen LogP) is 16.2. The number of dihydropyridines is 1. The van der Waals surface area contributed by atoms with Gasteiger partial charge in [0, 0.05) is 132 Å². The number of aromatic carboxylic acids is 1. The second kappa shape index (κ2) is 55.2. The van der Waals surface area contributed by atoms with Gasteiger partial charge in [-0.05, 0) is 172 Å². The fourth-order valence-corrected chi connectivity index (χ4v) is 12.6. The predicted molar refractivity (Wildman–Crippen MR) is 506 cm³/mol. The highest BCUT2D eigenvalue weighted by Gasteiger charge is 2.29. The molecular weight excluding hydrogens is 1630 g/mol. The summed E-state index contributed by atoms with van der Waals surface area (Å²) in [6, 6.07) is 19.6. The number of carboxylic acid groups (broad SMARTS) is 4. The zero-order valence-electron chi connectivity index (χ0n) is 79.9. The van der Waals surface area contributed by atoms with Crippen LogP contribution >= 0.6 is 0 Å². The summed E-state index contributed by atoms with van der Waals surface area (Å²) in [6.45, 7) is 60.3.